The molecule has 1 atom stereocenters. The van der Waals surface area contributed by atoms with Gasteiger partial charge < -0.3 is 4.90 Å². The molecule has 27 heavy (non-hydrogen) atoms. The Hall–Kier alpha value is -2.21. The van der Waals surface area contributed by atoms with Crippen LogP contribution in [0, 0.1) is 5.82 Å². The number of nitrogens with one attached hydrogen (secondary N) is 1. The third-order valence-electron chi connectivity index (χ3n) is 5.80. The molecule has 1 unspecified atom stereocenters. The van der Waals surface area contributed by atoms with Crippen molar-refractivity contribution < 1.29 is 9.18 Å². The Morgan fingerprint density at radius 2 is 1.85 bits per heavy atom. The summed E-state index contributed by atoms with van der Waals surface area (Å²) in [5, 5.41) is 7.21. The van der Waals surface area contributed by atoms with Gasteiger partial charge in [-0.3, -0.25) is 14.8 Å². The Labute approximate surface area is 159 Å². The number of H-pyrrole nitrogens is 1. The molecule has 2 saturated heterocycles. The minimum Gasteiger partial charge on any atom is -0.333 e. The third-order valence-corrected chi connectivity index (χ3v) is 5.80. The average molecular weight is 370 g/mol. The summed E-state index contributed by atoms with van der Waals surface area (Å²) in [7, 11) is 0. The molecule has 0 saturated carbocycles. The molecule has 2 aliphatic heterocycles. The molecule has 0 aliphatic carbocycles. The monoisotopic (exact) mass is 370 g/mol. The molecule has 4 rings (SSSR count). The Balaban J connectivity index is 1.53. The predicted octanol–water partition coefficient (Wildman–Crippen LogP) is 3.76. The molecule has 1 amide bonds. The van der Waals surface area contributed by atoms with Crippen LogP contribution < -0.4 is 0 Å². The summed E-state index contributed by atoms with van der Waals surface area (Å²) in [5.74, 6) is -0.0888. The van der Waals surface area contributed by atoms with Gasteiger partial charge in [-0.2, -0.15) is 5.10 Å². The van der Waals surface area contributed by atoms with Crippen molar-refractivity contribution in [3.63, 3.8) is 0 Å². The molecule has 2 aliphatic rings. The molecule has 1 aromatic heterocycles. The van der Waals surface area contributed by atoms with Crippen LogP contribution in [0.4, 0.5) is 4.39 Å². The highest BCUT2D eigenvalue weighted by molar-refractivity contribution is 5.79. The summed E-state index contributed by atoms with van der Waals surface area (Å²) in [5.41, 5.74) is 2.14. The molecular formula is C21H27FN4O. The lowest BCUT2D eigenvalue weighted by Crippen LogP contribution is -2.40. The van der Waals surface area contributed by atoms with Crippen LogP contribution in [0.5, 0.6) is 0 Å². The lowest BCUT2D eigenvalue weighted by molar-refractivity contribution is -0.133. The second kappa shape index (κ2) is 8.21. The van der Waals surface area contributed by atoms with E-state index in [1.54, 1.807) is 18.3 Å². The van der Waals surface area contributed by atoms with Crippen molar-refractivity contribution in [2.24, 2.45) is 0 Å². The Morgan fingerprint density at radius 1 is 1.07 bits per heavy atom. The summed E-state index contributed by atoms with van der Waals surface area (Å²) >= 11 is 0. The van der Waals surface area contributed by atoms with E-state index in [-0.39, 0.29) is 17.8 Å². The van der Waals surface area contributed by atoms with Crippen molar-refractivity contribution in [2.45, 2.75) is 44.6 Å². The van der Waals surface area contributed by atoms with Crippen LogP contribution in [0.15, 0.2) is 30.5 Å². The molecule has 1 aromatic carbocycles. The molecule has 0 spiro atoms. The lowest BCUT2D eigenvalue weighted by Gasteiger charge is -2.28. The number of carbonyl (C=O) groups excluding carboxylic acids is 1. The van der Waals surface area contributed by atoms with Gasteiger partial charge in [0.1, 0.15) is 5.82 Å². The van der Waals surface area contributed by atoms with E-state index in [2.05, 4.69) is 15.1 Å². The van der Waals surface area contributed by atoms with Crippen LogP contribution in [0.2, 0.25) is 0 Å². The maximum atomic E-state index is 14.3. The molecular weight excluding hydrogens is 343 g/mol. The molecule has 1 N–H and O–H groups in total. The standard InChI is InChI=1S/C21H27FN4O/c22-18-9-4-3-8-16(18)17-14-23-24-21(17)19-10-7-13-26(19)20(27)15-25-11-5-1-2-6-12-25/h3-4,8-9,14,19H,1-2,5-7,10-13,15H2,(H,23,24). The first kappa shape index (κ1) is 18.2. The maximum absolute atomic E-state index is 14.3. The highest BCUT2D eigenvalue weighted by Gasteiger charge is 2.33. The van der Waals surface area contributed by atoms with E-state index in [4.69, 9.17) is 0 Å². The predicted molar refractivity (Wildman–Crippen MR) is 103 cm³/mol. The molecule has 6 heteroatoms. The average Bonchev–Trinajstić information content (AvgIpc) is 3.27. The number of amides is 1. The summed E-state index contributed by atoms with van der Waals surface area (Å²) in [4.78, 5) is 17.3. The number of aromatic nitrogens is 2. The van der Waals surface area contributed by atoms with Gasteiger partial charge in [0.2, 0.25) is 5.91 Å². The van der Waals surface area contributed by atoms with E-state index < -0.39 is 0 Å². The minimum absolute atomic E-state index is 0.0541. The van der Waals surface area contributed by atoms with E-state index in [0.717, 1.165) is 43.7 Å². The summed E-state index contributed by atoms with van der Waals surface area (Å²) < 4.78 is 14.3. The SMILES string of the molecule is O=C(CN1CCCCCC1)N1CCCC1c1[nH]ncc1-c1ccccc1F. The maximum Gasteiger partial charge on any atom is 0.237 e. The normalized spacial score (nSPS) is 21.4. The van der Waals surface area contributed by atoms with Gasteiger partial charge in [0, 0.05) is 17.7 Å². The third kappa shape index (κ3) is 3.90. The van der Waals surface area contributed by atoms with Crippen LogP contribution in [0.1, 0.15) is 50.3 Å². The highest BCUT2D eigenvalue weighted by atomic mass is 19.1. The van der Waals surface area contributed by atoms with Gasteiger partial charge in [0.25, 0.3) is 0 Å². The molecule has 3 heterocycles. The number of hydrogen-bond donors (Lipinski definition) is 1. The van der Waals surface area contributed by atoms with Gasteiger partial charge in [-0.05, 0) is 44.8 Å². The first-order valence-corrected chi connectivity index (χ1v) is 10.0. The fourth-order valence-electron chi connectivity index (χ4n) is 4.39. The van der Waals surface area contributed by atoms with Gasteiger partial charge in [0.15, 0.2) is 0 Å². The van der Waals surface area contributed by atoms with Gasteiger partial charge in [-0.25, -0.2) is 4.39 Å². The minimum atomic E-state index is -0.263. The molecule has 0 radical (unpaired) electrons. The second-order valence-electron chi connectivity index (χ2n) is 7.61. The van der Waals surface area contributed by atoms with Crippen LogP contribution in [-0.2, 0) is 4.79 Å². The van der Waals surface area contributed by atoms with Crippen molar-refractivity contribution in [1.29, 1.82) is 0 Å². The summed E-state index contributed by atoms with van der Waals surface area (Å²) in [6, 6.07) is 6.68. The number of halogens is 1. The topological polar surface area (TPSA) is 52.2 Å². The number of likely N-dealkylation sites (tertiary alicyclic amines) is 2. The molecule has 2 fully saturated rings. The first-order chi connectivity index (χ1) is 13.2. The smallest absolute Gasteiger partial charge is 0.237 e. The van der Waals surface area contributed by atoms with Gasteiger partial charge >= 0.3 is 0 Å². The Bertz CT molecular complexity index is 782. The van der Waals surface area contributed by atoms with Crippen LogP contribution in [0.25, 0.3) is 11.1 Å². The number of rotatable bonds is 4. The number of benzene rings is 1. The largest absolute Gasteiger partial charge is 0.333 e. The van der Waals surface area contributed by atoms with Crippen LogP contribution >= 0.6 is 0 Å². The zero-order chi connectivity index (χ0) is 18.6. The van der Waals surface area contributed by atoms with Crippen molar-refractivity contribution in [1.82, 2.24) is 20.0 Å². The molecule has 2 aromatic rings. The quantitative estimate of drug-likeness (QED) is 0.892. The second-order valence-corrected chi connectivity index (χ2v) is 7.61. The molecule has 144 valence electrons. The zero-order valence-electron chi connectivity index (χ0n) is 15.7. The van der Waals surface area contributed by atoms with E-state index in [9.17, 15) is 9.18 Å². The van der Waals surface area contributed by atoms with E-state index in [0.29, 0.717) is 12.1 Å². The van der Waals surface area contributed by atoms with Gasteiger partial charge in [-0.15, -0.1) is 0 Å². The number of carbonyl (C=O) groups is 1. The van der Waals surface area contributed by atoms with Gasteiger partial charge in [-0.1, -0.05) is 31.0 Å². The van der Waals surface area contributed by atoms with Crippen LogP contribution in [0.3, 0.4) is 0 Å². The number of nitrogens with zero attached hydrogens (tertiary/aromatic N) is 3. The van der Waals surface area contributed by atoms with Crippen molar-refractivity contribution in [3.8, 4) is 11.1 Å². The fraction of sp³-hybridized carbons (Fsp3) is 0.524. The summed E-state index contributed by atoms with van der Waals surface area (Å²) in [6.45, 7) is 3.26. The van der Waals surface area contributed by atoms with Crippen molar-refractivity contribution in [2.75, 3.05) is 26.2 Å². The number of hydrogen-bond acceptors (Lipinski definition) is 3. The highest BCUT2D eigenvalue weighted by Crippen LogP contribution is 2.37. The van der Waals surface area contributed by atoms with E-state index in [1.807, 2.05) is 11.0 Å². The van der Waals surface area contributed by atoms with Crippen molar-refractivity contribution >= 4 is 5.91 Å². The molecule has 0 bridgehead atoms. The van der Waals surface area contributed by atoms with Crippen molar-refractivity contribution in [3.05, 3.63) is 42.0 Å². The summed E-state index contributed by atoms with van der Waals surface area (Å²) in [6.07, 6.45) is 8.39. The Kier molecular flexibility index (Phi) is 5.53. The number of aromatic amines is 1. The van der Waals surface area contributed by atoms with Crippen LogP contribution in [-0.4, -0.2) is 52.1 Å². The fourth-order valence-corrected chi connectivity index (χ4v) is 4.39. The van der Waals surface area contributed by atoms with Gasteiger partial charge in [0.05, 0.1) is 24.5 Å². The Morgan fingerprint density at radius 3 is 2.63 bits per heavy atom. The van der Waals surface area contributed by atoms with E-state index in [1.165, 1.54) is 31.7 Å². The molecule has 5 nitrogen and oxygen atoms in total. The zero-order valence-corrected chi connectivity index (χ0v) is 15.7. The van der Waals surface area contributed by atoms with E-state index >= 15 is 0 Å². The first-order valence-electron chi connectivity index (χ1n) is 10.0. The lowest BCUT2D eigenvalue weighted by atomic mass is 10.0.